The monoisotopic (exact) mass is 280 g/mol. The van der Waals surface area contributed by atoms with Crippen molar-refractivity contribution in [3.8, 4) is 0 Å². The van der Waals surface area contributed by atoms with Crippen LogP contribution in [0.5, 0.6) is 0 Å². The van der Waals surface area contributed by atoms with Crippen molar-refractivity contribution in [3.63, 3.8) is 0 Å². The van der Waals surface area contributed by atoms with Crippen LogP contribution in [0.1, 0.15) is 26.7 Å². The number of aromatic nitrogens is 2. The number of rotatable bonds is 3. The number of anilines is 1. The fraction of sp³-hybridized carbons (Fsp3) is 0.615. The van der Waals surface area contributed by atoms with Crippen molar-refractivity contribution >= 4 is 17.7 Å². The Morgan fingerprint density at radius 2 is 2.25 bits per heavy atom. The maximum absolute atomic E-state index is 12.1. The zero-order valence-electron chi connectivity index (χ0n) is 11.8. The van der Waals surface area contributed by atoms with Crippen LogP contribution in [0, 0.1) is 5.41 Å². The lowest BCUT2D eigenvalue weighted by molar-refractivity contribution is -0.137. The Labute approximate surface area is 117 Å². The third-order valence-corrected chi connectivity index (χ3v) is 3.37. The minimum atomic E-state index is -0.969. The quantitative estimate of drug-likeness (QED) is 0.880. The number of hydrogen-bond donors (Lipinski definition) is 2. The molecule has 2 N–H and O–H groups in total. The lowest BCUT2D eigenvalue weighted by atomic mass is 9.84. The van der Waals surface area contributed by atoms with Crippen molar-refractivity contribution < 1.29 is 14.7 Å². The number of nitrogens with one attached hydrogen (secondary N) is 1. The topological polar surface area (TPSA) is 87.5 Å². The van der Waals surface area contributed by atoms with Crippen LogP contribution < -0.4 is 5.32 Å². The summed E-state index contributed by atoms with van der Waals surface area (Å²) in [5, 5.41) is 15.3. The Balaban J connectivity index is 1.94. The summed E-state index contributed by atoms with van der Waals surface area (Å²) in [6.45, 7) is 5.56. The molecule has 0 bridgehead atoms. The second-order valence-electron chi connectivity index (χ2n) is 5.94. The van der Waals surface area contributed by atoms with Crippen molar-refractivity contribution in [1.29, 1.82) is 0 Å². The summed E-state index contributed by atoms with van der Waals surface area (Å²) in [5.41, 5.74) is 0.655. The molecule has 0 atom stereocenters. The van der Waals surface area contributed by atoms with Crippen molar-refractivity contribution in [2.45, 2.75) is 33.2 Å². The first-order valence-electron chi connectivity index (χ1n) is 6.66. The highest BCUT2D eigenvalue weighted by atomic mass is 16.4. The van der Waals surface area contributed by atoms with Gasteiger partial charge in [-0.05, 0) is 18.3 Å². The molecule has 0 radical (unpaired) electrons. The molecular weight excluding hydrogens is 260 g/mol. The van der Waals surface area contributed by atoms with E-state index in [4.69, 9.17) is 5.11 Å². The molecule has 1 aliphatic heterocycles. The molecule has 1 aromatic heterocycles. The first kappa shape index (κ1) is 14.4. The van der Waals surface area contributed by atoms with Gasteiger partial charge < -0.3 is 15.3 Å². The van der Waals surface area contributed by atoms with Gasteiger partial charge in [-0.1, -0.05) is 13.8 Å². The second-order valence-corrected chi connectivity index (χ2v) is 5.94. The summed E-state index contributed by atoms with van der Waals surface area (Å²) < 4.78 is 1.28. The number of nitrogens with zero attached hydrogens (tertiary/aromatic N) is 3. The highest BCUT2D eigenvalue weighted by molar-refractivity contribution is 5.89. The molecule has 2 rings (SSSR count). The van der Waals surface area contributed by atoms with Gasteiger partial charge in [0.25, 0.3) is 0 Å². The molecule has 0 unspecified atom stereocenters. The van der Waals surface area contributed by atoms with E-state index in [9.17, 15) is 9.59 Å². The standard InChI is InChI=1S/C13H20N4O3/c1-13(2)4-3-5-16(9-13)12(20)15-10-6-14-17(7-10)8-11(18)19/h6-7H,3-5,8-9H2,1-2H3,(H,15,20)(H,18,19). The summed E-state index contributed by atoms with van der Waals surface area (Å²) in [6.07, 6.45) is 5.09. The fourth-order valence-electron chi connectivity index (χ4n) is 2.45. The molecular formula is C13H20N4O3. The Morgan fingerprint density at radius 1 is 1.50 bits per heavy atom. The smallest absolute Gasteiger partial charge is 0.325 e. The van der Waals surface area contributed by atoms with Crippen LogP contribution in [-0.4, -0.2) is 44.9 Å². The van der Waals surface area contributed by atoms with Gasteiger partial charge >= 0.3 is 12.0 Å². The van der Waals surface area contributed by atoms with Crippen LogP contribution in [0.4, 0.5) is 10.5 Å². The molecule has 0 aromatic carbocycles. The van der Waals surface area contributed by atoms with Gasteiger partial charge in [0.15, 0.2) is 0 Å². The molecule has 7 heteroatoms. The number of hydrogen-bond acceptors (Lipinski definition) is 3. The van der Waals surface area contributed by atoms with Crippen LogP contribution >= 0.6 is 0 Å². The fourth-order valence-corrected chi connectivity index (χ4v) is 2.45. The number of aliphatic carboxylic acids is 1. The normalized spacial score (nSPS) is 17.8. The number of carboxylic acids is 1. The minimum absolute atomic E-state index is 0.142. The van der Waals surface area contributed by atoms with Crippen molar-refractivity contribution in [2.75, 3.05) is 18.4 Å². The van der Waals surface area contributed by atoms with Gasteiger partial charge in [0, 0.05) is 19.3 Å². The molecule has 2 amide bonds. The average Bonchev–Trinajstić information content (AvgIpc) is 2.74. The molecule has 1 aromatic rings. The summed E-state index contributed by atoms with van der Waals surface area (Å²) in [4.78, 5) is 24.5. The van der Waals surface area contributed by atoms with E-state index in [0.29, 0.717) is 5.69 Å². The molecule has 0 saturated carbocycles. The summed E-state index contributed by atoms with van der Waals surface area (Å²) in [7, 11) is 0. The Kier molecular flexibility index (Phi) is 3.96. The minimum Gasteiger partial charge on any atom is -0.480 e. The number of likely N-dealkylation sites (tertiary alicyclic amines) is 1. The Morgan fingerprint density at radius 3 is 2.90 bits per heavy atom. The number of amides is 2. The summed E-state index contributed by atoms with van der Waals surface area (Å²) in [5.74, 6) is -0.969. The zero-order valence-corrected chi connectivity index (χ0v) is 11.8. The van der Waals surface area contributed by atoms with Crippen molar-refractivity contribution in [3.05, 3.63) is 12.4 Å². The number of urea groups is 1. The molecule has 1 fully saturated rings. The van der Waals surface area contributed by atoms with Gasteiger partial charge in [0.1, 0.15) is 6.54 Å². The molecule has 110 valence electrons. The lowest BCUT2D eigenvalue weighted by Gasteiger charge is -2.37. The third-order valence-electron chi connectivity index (χ3n) is 3.37. The zero-order chi connectivity index (χ0) is 14.8. The molecule has 1 aliphatic rings. The number of carbonyl (C=O) groups excluding carboxylic acids is 1. The predicted molar refractivity (Wildman–Crippen MR) is 73.5 cm³/mol. The van der Waals surface area contributed by atoms with Gasteiger partial charge in [0.05, 0.1) is 11.9 Å². The summed E-state index contributed by atoms with van der Waals surface area (Å²) in [6, 6.07) is -0.160. The SMILES string of the molecule is CC1(C)CCCN(C(=O)Nc2cnn(CC(=O)O)c2)C1. The first-order chi connectivity index (χ1) is 9.35. The first-order valence-corrected chi connectivity index (χ1v) is 6.66. The second kappa shape index (κ2) is 5.52. The number of carbonyl (C=O) groups is 2. The van der Waals surface area contributed by atoms with Gasteiger partial charge in [-0.2, -0.15) is 5.10 Å². The molecule has 20 heavy (non-hydrogen) atoms. The predicted octanol–water partition coefficient (Wildman–Crippen LogP) is 1.62. The van der Waals surface area contributed by atoms with Crippen LogP contribution in [0.25, 0.3) is 0 Å². The largest absolute Gasteiger partial charge is 0.480 e. The maximum Gasteiger partial charge on any atom is 0.325 e. The van der Waals surface area contributed by atoms with E-state index in [0.717, 1.165) is 25.9 Å². The molecule has 2 heterocycles. The molecule has 1 saturated heterocycles. The number of piperidine rings is 1. The Bertz CT molecular complexity index is 509. The van der Waals surface area contributed by atoms with E-state index in [1.54, 1.807) is 4.90 Å². The van der Waals surface area contributed by atoms with E-state index < -0.39 is 5.97 Å². The van der Waals surface area contributed by atoms with E-state index >= 15 is 0 Å². The van der Waals surface area contributed by atoms with E-state index in [1.165, 1.54) is 17.1 Å². The van der Waals surface area contributed by atoms with E-state index in [1.807, 2.05) is 0 Å². The molecule has 0 spiro atoms. The summed E-state index contributed by atoms with van der Waals surface area (Å²) >= 11 is 0. The lowest BCUT2D eigenvalue weighted by Crippen LogP contribution is -2.45. The van der Waals surface area contributed by atoms with Gasteiger partial charge in [-0.3, -0.25) is 9.48 Å². The van der Waals surface area contributed by atoms with Gasteiger partial charge in [0.2, 0.25) is 0 Å². The molecule has 0 aliphatic carbocycles. The van der Waals surface area contributed by atoms with Crippen LogP contribution in [-0.2, 0) is 11.3 Å². The highest BCUT2D eigenvalue weighted by Gasteiger charge is 2.29. The van der Waals surface area contributed by atoms with E-state index in [2.05, 4.69) is 24.3 Å². The highest BCUT2D eigenvalue weighted by Crippen LogP contribution is 2.28. The van der Waals surface area contributed by atoms with Crippen molar-refractivity contribution in [2.24, 2.45) is 5.41 Å². The average molecular weight is 280 g/mol. The molecule has 7 nitrogen and oxygen atoms in total. The van der Waals surface area contributed by atoms with Gasteiger partial charge in [-0.15, -0.1) is 0 Å². The van der Waals surface area contributed by atoms with Crippen molar-refractivity contribution in [1.82, 2.24) is 14.7 Å². The Hall–Kier alpha value is -2.05. The third kappa shape index (κ3) is 3.72. The number of carboxylic acid groups (broad SMARTS) is 1. The van der Waals surface area contributed by atoms with Crippen LogP contribution in [0.2, 0.25) is 0 Å². The van der Waals surface area contributed by atoms with Crippen LogP contribution in [0.3, 0.4) is 0 Å². The van der Waals surface area contributed by atoms with Crippen LogP contribution in [0.15, 0.2) is 12.4 Å². The van der Waals surface area contributed by atoms with Gasteiger partial charge in [-0.25, -0.2) is 4.79 Å². The van der Waals surface area contributed by atoms with E-state index in [-0.39, 0.29) is 18.0 Å². The maximum atomic E-state index is 12.1.